The third-order valence-electron chi connectivity index (χ3n) is 14.7. The third kappa shape index (κ3) is 5.23. The molecule has 5 aliphatic rings. The van der Waals surface area contributed by atoms with Crippen LogP contribution >= 0.6 is 11.3 Å². The van der Waals surface area contributed by atoms with E-state index in [0.717, 1.165) is 40.6 Å². The van der Waals surface area contributed by atoms with Crippen LogP contribution in [0.25, 0.3) is 53.7 Å². The van der Waals surface area contributed by atoms with Crippen molar-refractivity contribution in [3.8, 4) is 33.5 Å². The molecule has 13 rings (SSSR count). The normalized spacial score (nSPS) is 22.8. The fourth-order valence-electron chi connectivity index (χ4n) is 12.3. The van der Waals surface area contributed by atoms with Gasteiger partial charge in [-0.2, -0.15) is 0 Å². The Morgan fingerprint density at radius 3 is 1.83 bits per heavy atom. The first-order chi connectivity index (χ1) is 28.3. The smallest absolute Gasteiger partial charge is 0.0775 e. The van der Waals surface area contributed by atoms with Crippen LogP contribution < -0.4 is 10.1 Å². The molecule has 0 amide bonds. The molecule has 0 radical (unpaired) electrons. The number of hydrogen-bond acceptors (Lipinski definition) is 3. The highest BCUT2D eigenvalue weighted by Gasteiger charge is 2.61. The van der Waals surface area contributed by atoms with Crippen LogP contribution in [-0.2, 0) is 5.41 Å². The number of nitrogens with zero attached hydrogens (tertiary/aromatic N) is 2. The minimum atomic E-state index is -1.44. The summed E-state index contributed by atoms with van der Waals surface area (Å²) in [6.45, 7) is 7.25. The largest absolute Gasteiger partial charge is 0.310 e. The predicted octanol–water partition coefficient (Wildman–Crippen LogP) is 14.5. The molecule has 0 N–H and O–H groups in total. The monoisotopic (exact) mass is 784 g/mol. The van der Waals surface area contributed by atoms with Gasteiger partial charge in [0, 0.05) is 54.4 Å². The van der Waals surface area contributed by atoms with Gasteiger partial charge in [-0.3, -0.25) is 4.98 Å². The molecule has 4 heteroatoms. The quantitative estimate of drug-likeness (QED) is 0.156. The minimum absolute atomic E-state index is 0.219. The van der Waals surface area contributed by atoms with Crippen molar-refractivity contribution < 1.29 is 0 Å². The van der Waals surface area contributed by atoms with Crippen LogP contribution in [0.15, 0.2) is 152 Å². The van der Waals surface area contributed by atoms with Crippen molar-refractivity contribution in [1.29, 1.82) is 0 Å². The van der Waals surface area contributed by atoms with E-state index in [1.54, 1.807) is 11.1 Å². The Morgan fingerprint density at radius 2 is 1.12 bits per heavy atom. The molecule has 4 bridgehead atoms. The zero-order valence-corrected chi connectivity index (χ0v) is 35.4. The Kier molecular flexibility index (Phi) is 7.69. The van der Waals surface area contributed by atoms with Gasteiger partial charge in [0.05, 0.1) is 13.8 Å². The van der Waals surface area contributed by atoms with E-state index in [2.05, 4.69) is 163 Å². The minimum Gasteiger partial charge on any atom is -0.310 e. The maximum atomic E-state index is 4.60. The van der Waals surface area contributed by atoms with Crippen molar-refractivity contribution >= 4 is 61.8 Å². The highest BCUT2D eigenvalue weighted by molar-refractivity contribution is 7.25. The molecule has 4 saturated carbocycles. The van der Waals surface area contributed by atoms with Crippen molar-refractivity contribution in [1.82, 2.24) is 4.98 Å². The van der Waals surface area contributed by atoms with E-state index < -0.39 is 8.07 Å². The molecule has 8 aromatic rings. The van der Waals surface area contributed by atoms with Gasteiger partial charge in [0.25, 0.3) is 0 Å². The summed E-state index contributed by atoms with van der Waals surface area (Å²) in [6.07, 6.45) is 9.05. The van der Waals surface area contributed by atoms with Crippen LogP contribution in [0.1, 0.15) is 43.2 Å². The van der Waals surface area contributed by atoms with E-state index in [1.165, 1.54) is 91.1 Å². The lowest BCUT2D eigenvalue weighted by molar-refractivity contribution is -0.0399. The number of rotatable bonds is 6. The zero-order chi connectivity index (χ0) is 38.8. The van der Waals surface area contributed by atoms with Crippen LogP contribution in [0, 0.1) is 23.7 Å². The summed E-state index contributed by atoms with van der Waals surface area (Å²) < 4.78 is 2.65. The molecule has 0 aliphatic heterocycles. The number of hydrogen-bond donors (Lipinski definition) is 0. The summed E-state index contributed by atoms with van der Waals surface area (Å²) in [5.41, 5.74) is 14.7. The maximum Gasteiger partial charge on any atom is 0.0775 e. The molecule has 58 heavy (non-hydrogen) atoms. The first kappa shape index (κ1) is 34.7. The molecular formula is C54H48N2SSi. The van der Waals surface area contributed by atoms with Crippen LogP contribution in [0.3, 0.4) is 0 Å². The number of thiophene rings is 1. The zero-order valence-electron chi connectivity index (χ0n) is 33.6. The van der Waals surface area contributed by atoms with Gasteiger partial charge >= 0.3 is 0 Å². The van der Waals surface area contributed by atoms with Gasteiger partial charge in [0.1, 0.15) is 0 Å². The molecule has 2 aromatic heterocycles. The molecule has 4 fully saturated rings. The molecule has 0 saturated heterocycles. The van der Waals surface area contributed by atoms with E-state index in [1.807, 2.05) is 29.7 Å². The molecule has 1 spiro atoms. The number of aromatic nitrogens is 1. The number of anilines is 3. The molecule has 2 nitrogen and oxygen atoms in total. The lowest BCUT2D eigenvalue weighted by atomic mass is 9.43. The summed E-state index contributed by atoms with van der Waals surface area (Å²) in [5, 5.41) is 4.12. The second-order valence-electron chi connectivity index (χ2n) is 18.9. The van der Waals surface area contributed by atoms with Gasteiger partial charge in [-0.15, -0.1) is 11.3 Å². The van der Waals surface area contributed by atoms with Crippen molar-refractivity contribution in [2.75, 3.05) is 4.90 Å². The Bertz CT molecular complexity index is 2860. The number of benzene rings is 6. The van der Waals surface area contributed by atoms with Gasteiger partial charge in [-0.25, -0.2) is 0 Å². The van der Waals surface area contributed by atoms with Crippen molar-refractivity contribution in [2.24, 2.45) is 23.7 Å². The van der Waals surface area contributed by atoms with Crippen molar-refractivity contribution in [3.63, 3.8) is 0 Å². The first-order valence-electron chi connectivity index (χ1n) is 21.4. The van der Waals surface area contributed by atoms with Crippen LogP contribution in [0.2, 0.25) is 19.6 Å². The first-order valence-corrected chi connectivity index (χ1v) is 25.8. The molecule has 6 aromatic carbocycles. The molecular weight excluding hydrogens is 737 g/mol. The standard InChI is InChI=1S/C54H48N2SSi/c1-58(2,3)44-20-17-42(18-21-44)56(41-15-11-36(12-16-41)51-10-6-7-25-55-51)43-19-23-47-46-22-13-38(32-52(46)57-53(47)33-43)37-14-24-50-48(31-37)45-8-4-5-9-49(45)54(50)39-27-34-26-35(29-39)30-40(54)28-34/h4-25,31-35,39-40H,26-30H2,1-3H3. The SMILES string of the molecule is C[Si](C)(C)c1ccc(N(c2ccc(-c3ccccn3)cc2)c2ccc3c(c2)sc2cc(-c4ccc5c(c4)-c4ccccc4C54C5CC6CC(C5)CC4C6)ccc23)cc1. The highest BCUT2D eigenvalue weighted by Crippen LogP contribution is 2.69. The van der Waals surface area contributed by atoms with Crippen LogP contribution in [0.5, 0.6) is 0 Å². The Morgan fingerprint density at radius 1 is 0.534 bits per heavy atom. The summed E-state index contributed by atoms with van der Waals surface area (Å²) in [4.78, 5) is 7.01. The summed E-state index contributed by atoms with van der Waals surface area (Å²) in [6, 6.07) is 55.5. The molecule has 0 atom stereocenters. The van der Waals surface area contributed by atoms with Crippen LogP contribution in [-0.4, -0.2) is 13.1 Å². The molecule has 2 heterocycles. The third-order valence-corrected chi connectivity index (χ3v) is 17.9. The van der Waals surface area contributed by atoms with E-state index in [4.69, 9.17) is 0 Å². The maximum absolute atomic E-state index is 4.60. The summed E-state index contributed by atoms with van der Waals surface area (Å²) >= 11 is 1.92. The van der Waals surface area contributed by atoms with E-state index >= 15 is 0 Å². The Labute approximate surface area is 347 Å². The molecule has 0 unspecified atom stereocenters. The van der Waals surface area contributed by atoms with E-state index in [9.17, 15) is 0 Å². The lowest BCUT2D eigenvalue weighted by Crippen LogP contribution is -2.55. The van der Waals surface area contributed by atoms with Gasteiger partial charge in [-0.1, -0.05) is 110 Å². The molecule has 284 valence electrons. The topological polar surface area (TPSA) is 16.1 Å². The summed E-state index contributed by atoms with van der Waals surface area (Å²) in [7, 11) is -1.44. The Balaban J connectivity index is 0.926. The second-order valence-corrected chi connectivity index (χ2v) is 25.0. The average molecular weight is 785 g/mol. The number of fused-ring (bicyclic) bond motifs is 6. The fraction of sp³-hybridized carbons (Fsp3) is 0.241. The van der Waals surface area contributed by atoms with Crippen LogP contribution in [0.4, 0.5) is 17.1 Å². The Hall–Kier alpha value is -5.29. The fourth-order valence-corrected chi connectivity index (χ4v) is 14.6. The molecule has 5 aliphatic carbocycles. The van der Waals surface area contributed by atoms with Gasteiger partial charge < -0.3 is 4.90 Å². The van der Waals surface area contributed by atoms with E-state index in [-0.39, 0.29) is 5.41 Å². The lowest BCUT2D eigenvalue weighted by Gasteiger charge is -2.61. The highest BCUT2D eigenvalue weighted by atomic mass is 32.1. The van der Waals surface area contributed by atoms with Gasteiger partial charge in [0.2, 0.25) is 0 Å². The van der Waals surface area contributed by atoms with Crippen molar-refractivity contribution in [3.05, 3.63) is 163 Å². The number of pyridine rings is 1. The average Bonchev–Trinajstić information content (AvgIpc) is 3.76. The van der Waals surface area contributed by atoms with Gasteiger partial charge in [-0.05, 0) is 150 Å². The van der Waals surface area contributed by atoms with Crippen molar-refractivity contribution in [2.45, 2.75) is 57.2 Å². The summed E-state index contributed by atoms with van der Waals surface area (Å²) in [5.74, 6) is 3.51. The second kappa shape index (κ2) is 12.9. The van der Waals surface area contributed by atoms with E-state index in [0.29, 0.717) is 0 Å². The predicted molar refractivity (Wildman–Crippen MR) is 249 cm³/mol. The van der Waals surface area contributed by atoms with Gasteiger partial charge in [0.15, 0.2) is 0 Å².